The highest BCUT2D eigenvalue weighted by molar-refractivity contribution is 7.21. The Balaban J connectivity index is 1.64. The van der Waals surface area contributed by atoms with E-state index in [0.717, 1.165) is 10.7 Å². The number of rotatable bonds is 7. The lowest BCUT2D eigenvalue weighted by Gasteiger charge is -2.13. The molecule has 0 bridgehead atoms. The minimum Gasteiger partial charge on any atom is -0.365 e. The van der Waals surface area contributed by atoms with Gasteiger partial charge in [0.15, 0.2) is 5.69 Å². The summed E-state index contributed by atoms with van der Waals surface area (Å²) in [6.07, 6.45) is -7.22. The summed E-state index contributed by atoms with van der Waals surface area (Å²) in [6.45, 7) is 3.13. The van der Waals surface area contributed by atoms with Crippen molar-refractivity contribution in [3.05, 3.63) is 44.9 Å². The molecule has 3 N–H and O–H groups in total. The summed E-state index contributed by atoms with van der Waals surface area (Å²) in [6, 6.07) is 0.785. The summed E-state index contributed by atoms with van der Waals surface area (Å²) in [5.41, 5.74) is 3.57. The maximum atomic E-state index is 13.8. The van der Waals surface area contributed by atoms with Crippen LogP contribution >= 0.6 is 22.9 Å². The third-order valence-electron chi connectivity index (χ3n) is 6.59. The smallest absolute Gasteiger partial charge is 0.365 e. The molecule has 2 amide bonds. The number of alkyl halides is 6. The van der Waals surface area contributed by atoms with Gasteiger partial charge < -0.3 is 11.1 Å². The lowest BCUT2D eigenvalue weighted by Crippen LogP contribution is -2.23. The Bertz CT molecular complexity index is 1700. The molecule has 4 heterocycles. The van der Waals surface area contributed by atoms with E-state index in [1.807, 2.05) is 0 Å². The van der Waals surface area contributed by atoms with Crippen molar-refractivity contribution in [3.63, 3.8) is 0 Å². The average molecular weight is 620 g/mol. The van der Waals surface area contributed by atoms with Gasteiger partial charge in [-0.2, -0.15) is 36.5 Å². The first kappa shape index (κ1) is 28.9. The summed E-state index contributed by atoms with van der Waals surface area (Å²) in [4.78, 5) is 28.7. The van der Waals surface area contributed by atoms with Gasteiger partial charge in [-0.3, -0.25) is 19.0 Å². The minimum atomic E-state index is -4.86. The molecule has 0 atom stereocenters. The summed E-state index contributed by atoms with van der Waals surface area (Å²) < 4.78 is 84.2. The predicted molar refractivity (Wildman–Crippen MR) is 138 cm³/mol. The Morgan fingerprint density at radius 2 is 1.83 bits per heavy atom. The monoisotopic (exact) mass is 619 g/mol. The molecule has 5 rings (SSSR count). The summed E-state index contributed by atoms with van der Waals surface area (Å²) in [7, 11) is 0. The summed E-state index contributed by atoms with van der Waals surface area (Å²) in [5.74, 6) is -2.27. The zero-order valence-corrected chi connectivity index (χ0v) is 22.8. The quantitative estimate of drug-likeness (QED) is 0.246. The second kappa shape index (κ2) is 10.0. The van der Waals surface area contributed by atoms with Gasteiger partial charge in [0.05, 0.1) is 22.6 Å². The summed E-state index contributed by atoms with van der Waals surface area (Å²) >= 11 is 6.53. The Morgan fingerprint density at radius 1 is 1.15 bits per heavy atom. The number of fused-ring (bicyclic) bond motifs is 1. The van der Waals surface area contributed by atoms with Crippen molar-refractivity contribution in [2.24, 2.45) is 5.73 Å². The fourth-order valence-electron chi connectivity index (χ4n) is 4.59. The number of primary amides is 1. The number of hydrogen-bond acceptors (Lipinski definition) is 6. The van der Waals surface area contributed by atoms with Crippen LogP contribution in [0.4, 0.5) is 32.0 Å². The number of aryl methyl sites for hydroxylation is 1. The highest BCUT2D eigenvalue weighted by Crippen LogP contribution is 2.47. The van der Waals surface area contributed by atoms with Crippen LogP contribution in [-0.4, -0.2) is 36.4 Å². The molecular weight excluding hydrogens is 600 g/mol. The zero-order chi connectivity index (χ0) is 30.0. The van der Waals surface area contributed by atoms with Crippen LogP contribution in [0.5, 0.6) is 0 Å². The Morgan fingerprint density at radius 3 is 2.37 bits per heavy atom. The van der Waals surface area contributed by atoms with Crippen LogP contribution in [0.25, 0.3) is 21.3 Å². The first-order chi connectivity index (χ1) is 19.1. The van der Waals surface area contributed by atoms with E-state index in [1.54, 1.807) is 18.5 Å². The lowest BCUT2D eigenvalue weighted by molar-refractivity contribution is -0.142. The number of carbonyl (C=O) groups excluding carboxylic acids is 2. The number of anilines is 1. The molecule has 0 saturated heterocycles. The second-order valence-electron chi connectivity index (χ2n) is 9.39. The van der Waals surface area contributed by atoms with E-state index in [1.165, 1.54) is 6.20 Å². The molecular formula is C24H20ClF6N7O2S. The fraction of sp³-hybridized carbons (Fsp3) is 0.375. The molecule has 1 saturated carbocycles. The Labute approximate surface area is 236 Å². The number of nitrogens with two attached hydrogens (primary N) is 1. The average Bonchev–Trinajstić information content (AvgIpc) is 3.40. The van der Waals surface area contributed by atoms with Gasteiger partial charge in [0, 0.05) is 29.1 Å². The van der Waals surface area contributed by atoms with E-state index in [0.29, 0.717) is 42.0 Å². The third-order valence-corrected chi connectivity index (χ3v) is 8.06. The standard InChI is InChI=1S/C24H20ClF6N7O2S/c1-3-37-9(2)12(7-33-37)11-6-13(23(26,27)28)34-22-15(11)17(19(41-22)21(32)40)35-14(39)8-38-18(10-4-5-10)16(25)20(36-38)24(29,30)31/h6-7,10H,3-5,8H2,1-2H3,(H2,32,40)(H,35,39). The van der Waals surface area contributed by atoms with E-state index < -0.39 is 47.1 Å². The van der Waals surface area contributed by atoms with Crippen molar-refractivity contribution in [2.45, 2.75) is 58.0 Å². The van der Waals surface area contributed by atoms with Gasteiger partial charge in [0.1, 0.15) is 21.9 Å². The molecule has 0 aromatic carbocycles. The molecule has 218 valence electrons. The lowest BCUT2D eigenvalue weighted by atomic mass is 10.0. The Kier molecular flexibility index (Phi) is 7.04. The number of thiophene rings is 1. The molecule has 4 aromatic rings. The van der Waals surface area contributed by atoms with E-state index in [4.69, 9.17) is 17.3 Å². The molecule has 1 aliphatic rings. The topological polar surface area (TPSA) is 121 Å². The van der Waals surface area contributed by atoms with E-state index in [2.05, 4.69) is 20.5 Å². The first-order valence-electron chi connectivity index (χ1n) is 12.1. The first-order valence-corrected chi connectivity index (χ1v) is 13.3. The maximum absolute atomic E-state index is 13.8. The number of hydrogen-bond donors (Lipinski definition) is 2. The van der Waals surface area contributed by atoms with Gasteiger partial charge in [-0.05, 0) is 38.3 Å². The van der Waals surface area contributed by atoms with Crippen molar-refractivity contribution in [2.75, 3.05) is 5.32 Å². The number of amides is 2. The van der Waals surface area contributed by atoms with Crippen molar-refractivity contribution in [1.82, 2.24) is 24.5 Å². The minimum absolute atomic E-state index is 0.000739. The number of pyridine rings is 1. The van der Waals surface area contributed by atoms with Gasteiger partial charge in [0.25, 0.3) is 5.91 Å². The van der Waals surface area contributed by atoms with Crippen LogP contribution in [-0.2, 0) is 30.2 Å². The molecule has 0 radical (unpaired) electrons. The van der Waals surface area contributed by atoms with Gasteiger partial charge >= 0.3 is 12.4 Å². The number of halogens is 7. The molecule has 0 spiro atoms. The van der Waals surface area contributed by atoms with Gasteiger partial charge in [-0.15, -0.1) is 11.3 Å². The largest absolute Gasteiger partial charge is 0.436 e. The predicted octanol–water partition coefficient (Wildman–Crippen LogP) is 5.99. The number of nitrogens with zero attached hydrogens (tertiary/aromatic N) is 5. The fourth-order valence-corrected chi connectivity index (χ4v) is 6.00. The zero-order valence-electron chi connectivity index (χ0n) is 21.2. The van der Waals surface area contributed by atoms with Crippen LogP contribution in [0.2, 0.25) is 5.02 Å². The Hall–Kier alpha value is -3.66. The molecule has 41 heavy (non-hydrogen) atoms. The molecule has 4 aromatic heterocycles. The normalized spacial score (nSPS) is 14.2. The van der Waals surface area contributed by atoms with E-state index >= 15 is 0 Å². The highest BCUT2D eigenvalue weighted by atomic mass is 35.5. The molecule has 0 aliphatic heterocycles. The van der Waals surface area contributed by atoms with Gasteiger partial charge in [-0.1, -0.05) is 11.6 Å². The van der Waals surface area contributed by atoms with Crippen molar-refractivity contribution in [3.8, 4) is 11.1 Å². The van der Waals surface area contributed by atoms with Crippen LogP contribution in [0.3, 0.4) is 0 Å². The van der Waals surface area contributed by atoms with Gasteiger partial charge in [-0.25, -0.2) is 4.98 Å². The van der Waals surface area contributed by atoms with Crippen molar-refractivity contribution < 1.29 is 35.9 Å². The SMILES string of the molecule is CCn1ncc(-c2cc(C(F)(F)F)nc3sc(C(N)=O)c(NC(=O)Cn4nc(C(F)(F)F)c(Cl)c4C4CC4)c23)c1C. The number of nitrogens with one attached hydrogen (secondary N) is 1. The van der Waals surface area contributed by atoms with E-state index in [9.17, 15) is 35.9 Å². The molecule has 0 unspecified atom stereocenters. The van der Waals surface area contributed by atoms with Crippen LogP contribution in [0.1, 0.15) is 58.1 Å². The third kappa shape index (κ3) is 5.25. The molecule has 1 aliphatic carbocycles. The molecule has 17 heteroatoms. The van der Waals surface area contributed by atoms with Gasteiger partial charge in [0.2, 0.25) is 5.91 Å². The second-order valence-corrected chi connectivity index (χ2v) is 10.8. The number of carbonyl (C=O) groups is 2. The maximum Gasteiger partial charge on any atom is 0.436 e. The van der Waals surface area contributed by atoms with Crippen molar-refractivity contribution in [1.29, 1.82) is 0 Å². The van der Waals surface area contributed by atoms with Crippen molar-refractivity contribution >= 4 is 50.7 Å². The number of aromatic nitrogens is 5. The van der Waals surface area contributed by atoms with Crippen LogP contribution in [0, 0.1) is 6.92 Å². The van der Waals surface area contributed by atoms with Crippen LogP contribution in [0.15, 0.2) is 12.3 Å². The highest BCUT2D eigenvalue weighted by Gasteiger charge is 2.42. The molecule has 1 fully saturated rings. The van der Waals surface area contributed by atoms with E-state index in [-0.39, 0.29) is 38.0 Å². The summed E-state index contributed by atoms with van der Waals surface area (Å²) in [5, 5.41) is 9.57. The van der Waals surface area contributed by atoms with Crippen LogP contribution < -0.4 is 11.1 Å². The molecule has 9 nitrogen and oxygen atoms in total.